The van der Waals surface area contributed by atoms with Crippen molar-refractivity contribution in [1.29, 1.82) is 0 Å². The molecule has 1 aliphatic carbocycles. The molecule has 2 heteroatoms. The van der Waals surface area contributed by atoms with Gasteiger partial charge in [-0.1, -0.05) is 30.3 Å². The highest BCUT2D eigenvalue weighted by atomic mass is 15.2. The van der Waals surface area contributed by atoms with Crippen LogP contribution in [0.25, 0.3) is 0 Å². The molecular weight excluding hydrogens is 208 g/mol. The number of piperazine rings is 1. The van der Waals surface area contributed by atoms with Gasteiger partial charge in [0.15, 0.2) is 0 Å². The fourth-order valence-corrected chi connectivity index (χ4v) is 3.03. The first-order chi connectivity index (χ1) is 8.33. The molecule has 92 valence electrons. The maximum Gasteiger partial charge on any atom is 0.0246 e. The molecule has 1 saturated carbocycles. The van der Waals surface area contributed by atoms with Crippen LogP contribution in [0.4, 0.5) is 0 Å². The van der Waals surface area contributed by atoms with Crippen molar-refractivity contribution in [3.63, 3.8) is 0 Å². The highest BCUT2D eigenvalue weighted by Gasteiger charge is 2.36. The SMILES string of the molecule is CN1CC(Cc2ccccc2)NCC1C1CC1. The van der Waals surface area contributed by atoms with Gasteiger partial charge in [-0.15, -0.1) is 0 Å². The van der Waals surface area contributed by atoms with E-state index < -0.39 is 0 Å². The van der Waals surface area contributed by atoms with Gasteiger partial charge in [0.1, 0.15) is 0 Å². The van der Waals surface area contributed by atoms with Gasteiger partial charge in [-0.05, 0) is 37.8 Å². The molecule has 1 saturated heterocycles. The molecule has 1 aromatic rings. The first-order valence-electron chi connectivity index (χ1n) is 6.80. The van der Waals surface area contributed by atoms with E-state index in [0.717, 1.165) is 18.4 Å². The van der Waals surface area contributed by atoms with E-state index in [1.807, 2.05) is 0 Å². The maximum absolute atomic E-state index is 3.73. The molecule has 3 rings (SSSR count). The van der Waals surface area contributed by atoms with Crippen LogP contribution in [0, 0.1) is 5.92 Å². The number of likely N-dealkylation sites (N-methyl/N-ethyl adjacent to an activating group) is 1. The Kier molecular flexibility index (Phi) is 3.17. The smallest absolute Gasteiger partial charge is 0.0246 e. The van der Waals surface area contributed by atoms with Crippen LogP contribution in [-0.4, -0.2) is 37.1 Å². The van der Waals surface area contributed by atoms with Gasteiger partial charge in [0.25, 0.3) is 0 Å². The molecule has 0 aromatic heterocycles. The van der Waals surface area contributed by atoms with Gasteiger partial charge in [0.05, 0.1) is 0 Å². The highest BCUT2D eigenvalue weighted by molar-refractivity contribution is 5.16. The molecule has 2 fully saturated rings. The molecule has 1 N–H and O–H groups in total. The molecule has 2 aliphatic rings. The van der Waals surface area contributed by atoms with Gasteiger partial charge in [-0.2, -0.15) is 0 Å². The second-order valence-corrected chi connectivity index (χ2v) is 5.64. The Morgan fingerprint density at radius 2 is 2.00 bits per heavy atom. The van der Waals surface area contributed by atoms with Crippen LogP contribution >= 0.6 is 0 Å². The van der Waals surface area contributed by atoms with Crippen LogP contribution < -0.4 is 5.32 Å². The quantitative estimate of drug-likeness (QED) is 0.853. The lowest BCUT2D eigenvalue weighted by Gasteiger charge is -2.38. The van der Waals surface area contributed by atoms with Gasteiger partial charge >= 0.3 is 0 Å². The average Bonchev–Trinajstić information content (AvgIpc) is 3.15. The Morgan fingerprint density at radius 3 is 2.65 bits per heavy atom. The summed E-state index contributed by atoms with van der Waals surface area (Å²) in [6.45, 7) is 2.37. The Balaban J connectivity index is 1.56. The monoisotopic (exact) mass is 230 g/mol. The van der Waals surface area contributed by atoms with E-state index in [-0.39, 0.29) is 0 Å². The van der Waals surface area contributed by atoms with Crippen LogP contribution in [0.15, 0.2) is 30.3 Å². The van der Waals surface area contributed by atoms with Crippen molar-refractivity contribution in [2.24, 2.45) is 5.92 Å². The van der Waals surface area contributed by atoms with E-state index in [2.05, 4.69) is 47.6 Å². The van der Waals surface area contributed by atoms with E-state index in [9.17, 15) is 0 Å². The third-order valence-electron chi connectivity index (χ3n) is 4.18. The Hall–Kier alpha value is -0.860. The summed E-state index contributed by atoms with van der Waals surface area (Å²) in [5.41, 5.74) is 1.45. The molecule has 2 nitrogen and oxygen atoms in total. The third-order valence-corrected chi connectivity index (χ3v) is 4.18. The first kappa shape index (κ1) is 11.2. The number of hydrogen-bond acceptors (Lipinski definition) is 2. The topological polar surface area (TPSA) is 15.3 Å². The normalized spacial score (nSPS) is 30.4. The number of nitrogens with one attached hydrogen (secondary N) is 1. The lowest BCUT2D eigenvalue weighted by atomic mass is 10.0. The molecule has 1 aromatic carbocycles. The van der Waals surface area contributed by atoms with Gasteiger partial charge in [0.2, 0.25) is 0 Å². The first-order valence-corrected chi connectivity index (χ1v) is 6.80. The van der Waals surface area contributed by atoms with E-state index in [1.165, 1.54) is 31.5 Å². The zero-order chi connectivity index (χ0) is 11.7. The number of rotatable bonds is 3. The summed E-state index contributed by atoms with van der Waals surface area (Å²) in [7, 11) is 2.29. The van der Waals surface area contributed by atoms with Crippen molar-refractivity contribution in [3.8, 4) is 0 Å². The zero-order valence-electron chi connectivity index (χ0n) is 10.6. The van der Waals surface area contributed by atoms with E-state index in [1.54, 1.807) is 0 Å². The second kappa shape index (κ2) is 4.79. The number of hydrogen-bond donors (Lipinski definition) is 1. The molecule has 2 atom stereocenters. The fourth-order valence-electron chi connectivity index (χ4n) is 3.03. The number of benzene rings is 1. The Morgan fingerprint density at radius 1 is 1.24 bits per heavy atom. The van der Waals surface area contributed by atoms with Crippen LogP contribution in [0.3, 0.4) is 0 Å². The zero-order valence-corrected chi connectivity index (χ0v) is 10.6. The minimum absolute atomic E-state index is 0.623. The predicted molar refractivity (Wildman–Crippen MR) is 71.1 cm³/mol. The summed E-state index contributed by atoms with van der Waals surface area (Å²) < 4.78 is 0. The van der Waals surface area contributed by atoms with Crippen molar-refractivity contribution in [3.05, 3.63) is 35.9 Å². The van der Waals surface area contributed by atoms with Crippen molar-refractivity contribution in [2.75, 3.05) is 20.1 Å². The lowest BCUT2D eigenvalue weighted by Crippen LogP contribution is -2.56. The minimum atomic E-state index is 0.623. The van der Waals surface area contributed by atoms with Crippen LogP contribution in [0.2, 0.25) is 0 Å². The molecule has 2 unspecified atom stereocenters. The molecule has 0 radical (unpaired) electrons. The number of nitrogens with zero attached hydrogens (tertiary/aromatic N) is 1. The lowest BCUT2D eigenvalue weighted by molar-refractivity contribution is 0.146. The summed E-state index contributed by atoms with van der Waals surface area (Å²) in [5.74, 6) is 0.977. The van der Waals surface area contributed by atoms with E-state index in [4.69, 9.17) is 0 Å². The molecule has 1 aliphatic heterocycles. The van der Waals surface area contributed by atoms with Crippen molar-refractivity contribution < 1.29 is 0 Å². The largest absolute Gasteiger partial charge is 0.311 e. The standard InChI is InChI=1S/C15H22N2/c1-17-11-14(9-12-5-3-2-4-6-12)16-10-15(17)13-7-8-13/h2-6,13-16H,7-11H2,1H3. The van der Waals surface area contributed by atoms with E-state index in [0.29, 0.717) is 6.04 Å². The minimum Gasteiger partial charge on any atom is -0.311 e. The second-order valence-electron chi connectivity index (χ2n) is 5.64. The van der Waals surface area contributed by atoms with Crippen molar-refractivity contribution in [2.45, 2.75) is 31.3 Å². The summed E-state index contributed by atoms with van der Waals surface area (Å²) in [6.07, 6.45) is 4.04. The molecule has 0 bridgehead atoms. The average molecular weight is 230 g/mol. The predicted octanol–water partition coefficient (Wildman–Crippen LogP) is 1.91. The van der Waals surface area contributed by atoms with Crippen molar-refractivity contribution in [1.82, 2.24) is 10.2 Å². The van der Waals surface area contributed by atoms with Gasteiger partial charge < -0.3 is 10.2 Å². The Bertz CT molecular complexity index is 358. The fraction of sp³-hybridized carbons (Fsp3) is 0.600. The Labute approximate surface area is 104 Å². The molecule has 17 heavy (non-hydrogen) atoms. The molecule has 0 amide bonds. The molecular formula is C15H22N2. The van der Waals surface area contributed by atoms with Gasteiger partial charge in [-0.25, -0.2) is 0 Å². The van der Waals surface area contributed by atoms with Gasteiger partial charge in [-0.3, -0.25) is 0 Å². The third kappa shape index (κ3) is 2.70. The van der Waals surface area contributed by atoms with Crippen LogP contribution in [-0.2, 0) is 6.42 Å². The van der Waals surface area contributed by atoms with Crippen LogP contribution in [0.5, 0.6) is 0 Å². The van der Waals surface area contributed by atoms with Gasteiger partial charge in [0, 0.05) is 25.2 Å². The summed E-state index contributed by atoms with van der Waals surface area (Å²) in [4.78, 5) is 2.57. The summed E-state index contributed by atoms with van der Waals surface area (Å²) in [6, 6.07) is 12.2. The van der Waals surface area contributed by atoms with E-state index >= 15 is 0 Å². The summed E-state index contributed by atoms with van der Waals surface area (Å²) >= 11 is 0. The van der Waals surface area contributed by atoms with Crippen molar-refractivity contribution >= 4 is 0 Å². The molecule has 1 heterocycles. The highest BCUT2D eigenvalue weighted by Crippen LogP contribution is 2.35. The maximum atomic E-state index is 3.73. The summed E-state index contributed by atoms with van der Waals surface area (Å²) in [5, 5.41) is 3.73. The molecule has 0 spiro atoms. The van der Waals surface area contributed by atoms with Crippen LogP contribution in [0.1, 0.15) is 18.4 Å².